The second kappa shape index (κ2) is 5.84. The van der Waals surface area contributed by atoms with Gasteiger partial charge in [0.05, 0.1) is 6.42 Å². The zero-order valence-electron chi connectivity index (χ0n) is 10.9. The predicted octanol–water partition coefficient (Wildman–Crippen LogP) is 0.320. The highest BCUT2D eigenvalue weighted by Gasteiger charge is 2.30. The van der Waals surface area contributed by atoms with Crippen molar-refractivity contribution in [3.63, 3.8) is 0 Å². The molecule has 1 aromatic rings. The molecule has 19 heavy (non-hydrogen) atoms. The lowest BCUT2D eigenvalue weighted by atomic mass is 10.1. The van der Waals surface area contributed by atoms with Crippen molar-refractivity contribution < 1.29 is 14.7 Å². The van der Waals surface area contributed by atoms with Gasteiger partial charge in [0.25, 0.3) is 0 Å². The minimum Gasteiger partial charge on any atom is -0.396 e. The van der Waals surface area contributed by atoms with Crippen molar-refractivity contribution in [1.82, 2.24) is 5.32 Å². The average Bonchev–Trinajstić information content (AvgIpc) is 2.80. The van der Waals surface area contributed by atoms with E-state index in [-0.39, 0.29) is 24.3 Å². The number of anilines is 1. The Kier molecular flexibility index (Phi) is 4.16. The van der Waals surface area contributed by atoms with Crippen LogP contribution in [-0.4, -0.2) is 37.1 Å². The highest BCUT2D eigenvalue weighted by atomic mass is 16.3. The molecule has 1 aliphatic heterocycles. The van der Waals surface area contributed by atoms with E-state index in [1.54, 1.807) is 11.9 Å². The fourth-order valence-electron chi connectivity index (χ4n) is 2.26. The topological polar surface area (TPSA) is 69.6 Å². The number of carbonyl (C=O) groups excluding carboxylic acids is 2. The molecule has 5 heteroatoms. The first kappa shape index (κ1) is 13.5. The Morgan fingerprint density at radius 3 is 2.95 bits per heavy atom. The van der Waals surface area contributed by atoms with Gasteiger partial charge in [-0.25, -0.2) is 0 Å². The van der Waals surface area contributed by atoms with Crippen LogP contribution in [0.25, 0.3) is 0 Å². The molecule has 2 rings (SSSR count). The summed E-state index contributed by atoms with van der Waals surface area (Å²) in [5, 5.41) is 11.7. The van der Waals surface area contributed by atoms with Crippen LogP contribution in [-0.2, 0) is 16.0 Å². The van der Waals surface area contributed by atoms with Crippen LogP contribution in [0.15, 0.2) is 24.3 Å². The zero-order chi connectivity index (χ0) is 13.8. The van der Waals surface area contributed by atoms with Crippen LogP contribution in [0.5, 0.6) is 0 Å². The summed E-state index contributed by atoms with van der Waals surface area (Å²) in [5.41, 5.74) is 1.67. The molecule has 1 heterocycles. The summed E-state index contributed by atoms with van der Waals surface area (Å²) in [5.74, 6) is -0.0237. The summed E-state index contributed by atoms with van der Waals surface area (Å²) >= 11 is 0. The minimum atomic E-state index is -0.0573. The SMILES string of the molecule is CNC(=O)Cc1cccc(N2CC(CO)CC2=O)c1. The summed E-state index contributed by atoms with van der Waals surface area (Å²) in [6, 6.07) is 7.41. The largest absolute Gasteiger partial charge is 0.396 e. The predicted molar refractivity (Wildman–Crippen MR) is 71.8 cm³/mol. The van der Waals surface area contributed by atoms with Gasteiger partial charge in [0, 0.05) is 38.2 Å². The van der Waals surface area contributed by atoms with Crippen molar-refractivity contribution in [2.24, 2.45) is 5.92 Å². The summed E-state index contributed by atoms with van der Waals surface area (Å²) in [6.45, 7) is 0.568. The second-order valence-electron chi connectivity index (χ2n) is 4.78. The van der Waals surface area contributed by atoms with Crippen LogP contribution < -0.4 is 10.2 Å². The van der Waals surface area contributed by atoms with Crippen LogP contribution in [0.1, 0.15) is 12.0 Å². The van der Waals surface area contributed by atoms with Crippen LogP contribution >= 0.6 is 0 Å². The fraction of sp³-hybridized carbons (Fsp3) is 0.429. The van der Waals surface area contributed by atoms with E-state index in [0.29, 0.717) is 19.4 Å². The Bertz CT molecular complexity index is 487. The third-order valence-electron chi connectivity index (χ3n) is 3.33. The van der Waals surface area contributed by atoms with Gasteiger partial charge < -0.3 is 15.3 Å². The first-order valence-electron chi connectivity index (χ1n) is 6.34. The van der Waals surface area contributed by atoms with E-state index in [1.807, 2.05) is 24.3 Å². The van der Waals surface area contributed by atoms with E-state index in [2.05, 4.69) is 5.32 Å². The summed E-state index contributed by atoms with van der Waals surface area (Å²) in [4.78, 5) is 24.9. The molecule has 1 fully saturated rings. The van der Waals surface area contributed by atoms with Crippen molar-refractivity contribution in [3.05, 3.63) is 29.8 Å². The number of aliphatic hydroxyl groups excluding tert-OH is 1. The van der Waals surface area contributed by atoms with E-state index < -0.39 is 0 Å². The molecule has 1 saturated heterocycles. The molecule has 2 amide bonds. The number of hydrogen-bond acceptors (Lipinski definition) is 3. The average molecular weight is 262 g/mol. The normalized spacial score (nSPS) is 18.7. The molecule has 0 radical (unpaired) electrons. The van der Waals surface area contributed by atoms with Gasteiger partial charge in [0.15, 0.2) is 0 Å². The molecule has 1 aromatic carbocycles. The number of rotatable bonds is 4. The maximum Gasteiger partial charge on any atom is 0.227 e. The first-order valence-corrected chi connectivity index (χ1v) is 6.34. The molecule has 1 aliphatic rings. The van der Waals surface area contributed by atoms with Crippen LogP contribution in [0.3, 0.4) is 0 Å². The van der Waals surface area contributed by atoms with Crippen LogP contribution in [0, 0.1) is 5.92 Å². The number of carbonyl (C=O) groups is 2. The third-order valence-corrected chi connectivity index (χ3v) is 3.33. The number of amides is 2. The Labute approximate surface area is 112 Å². The maximum absolute atomic E-state index is 11.9. The number of aliphatic hydroxyl groups is 1. The number of hydrogen-bond donors (Lipinski definition) is 2. The van der Waals surface area contributed by atoms with Crippen molar-refractivity contribution in [2.75, 3.05) is 25.1 Å². The van der Waals surface area contributed by atoms with E-state index >= 15 is 0 Å². The van der Waals surface area contributed by atoms with Gasteiger partial charge in [-0.3, -0.25) is 9.59 Å². The zero-order valence-corrected chi connectivity index (χ0v) is 10.9. The lowest BCUT2D eigenvalue weighted by Crippen LogP contribution is -2.25. The van der Waals surface area contributed by atoms with Crippen molar-refractivity contribution in [3.8, 4) is 0 Å². The molecule has 1 unspecified atom stereocenters. The number of benzene rings is 1. The summed E-state index contributed by atoms with van der Waals surface area (Å²) in [7, 11) is 1.60. The Morgan fingerprint density at radius 2 is 2.32 bits per heavy atom. The molecule has 5 nitrogen and oxygen atoms in total. The van der Waals surface area contributed by atoms with Gasteiger partial charge in [-0.2, -0.15) is 0 Å². The monoisotopic (exact) mass is 262 g/mol. The molecule has 102 valence electrons. The van der Waals surface area contributed by atoms with Crippen LogP contribution in [0.2, 0.25) is 0 Å². The Hall–Kier alpha value is -1.88. The van der Waals surface area contributed by atoms with Crippen molar-refractivity contribution in [2.45, 2.75) is 12.8 Å². The third kappa shape index (κ3) is 3.12. The van der Waals surface area contributed by atoms with Crippen molar-refractivity contribution in [1.29, 1.82) is 0 Å². The van der Waals surface area contributed by atoms with Gasteiger partial charge in [-0.1, -0.05) is 12.1 Å². The summed E-state index contributed by atoms with van der Waals surface area (Å²) < 4.78 is 0. The van der Waals surface area contributed by atoms with Gasteiger partial charge >= 0.3 is 0 Å². The standard InChI is InChI=1S/C14H18N2O3/c1-15-13(18)6-10-3-2-4-12(5-10)16-8-11(9-17)7-14(16)19/h2-5,11,17H,6-9H2,1H3,(H,15,18). The quantitative estimate of drug-likeness (QED) is 0.821. The fourth-order valence-corrected chi connectivity index (χ4v) is 2.26. The maximum atomic E-state index is 11.9. The van der Waals surface area contributed by atoms with Gasteiger partial charge in [0.2, 0.25) is 11.8 Å². The molecule has 2 N–H and O–H groups in total. The lowest BCUT2D eigenvalue weighted by Gasteiger charge is -2.17. The summed E-state index contributed by atoms with van der Waals surface area (Å²) in [6.07, 6.45) is 0.686. The Balaban J connectivity index is 2.15. The van der Waals surface area contributed by atoms with E-state index in [0.717, 1.165) is 11.3 Å². The van der Waals surface area contributed by atoms with E-state index in [9.17, 15) is 9.59 Å². The smallest absolute Gasteiger partial charge is 0.227 e. The molecule has 0 aliphatic carbocycles. The molecule has 0 bridgehead atoms. The molecular formula is C14H18N2O3. The van der Waals surface area contributed by atoms with Crippen LogP contribution in [0.4, 0.5) is 5.69 Å². The van der Waals surface area contributed by atoms with Gasteiger partial charge in [0.1, 0.15) is 0 Å². The lowest BCUT2D eigenvalue weighted by molar-refractivity contribution is -0.120. The van der Waals surface area contributed by atoms with Gasteiger partial charge in [-0.05, 0) is 17.7 Å². The first-order chi connectivity index (χ1) is 9.13. The molecule has 1 atom stereocenters. The molecule has 0 saturated carbocycles. The molecular weight excluding hydrogens is 244 g/mol. The van der Waals surface area contributed by atoms with Gasteiger partial charge in [-0.15, -0.1) is 0 Å². The molecule has 0 spiro atoms. The second-order valence-corrected chi connectivity index (χ2v) is 4.78. The van der Waals surface area contributed by atoms with Crippen molar-refractivity contribution >= 4 is 17.5 Å². The number of nitrogens with zero attached hydrogens (tertiary/aromatic N) is 1. The highest BCUT2D eigenvalue weighted by Crippen LogP contribution is 2.25. The number of likely N-dealkylation sites (N-methyl/N-ethyl adjacent to an activating group) is 1. The Morgan fingerprint density at radius 1 is 1.53 bits per heavy atom. The molecule has 0 aromatic heterocycles. The van der Waals surface area contributed by atoms with E-state index in [1.165, 1.54) is 0 Å². The van der Waals surface area contributed by atoms with E-state index in [4.69, 9.17) is 5.11 Å². The number of nitrogens with one attached hydrogen (secondary N) is 1. The highest BCUT2D eigenvalue weighted by molar-refractivity contribution is 5.95. The minimum absolute atomic E-state index is 0.00935.